The lowest BCUT2D eigenvalue weighted by Crippen LogP contribution is -2.59. The summed E-state index contributed by atoms with van der Waals surface area (Å²) in [6.07, 6.45) is 2.77. The van der Waals surface area contributed by atoms with Gasteiger partial charge in [0.05, 0.1) is 0 Å². The van der Waals surface area contributed by atoms with Gasteiger partial charge >= 0.3 is 0 Å². The van der Waals surface area contributed by atoms with Crippen LogP contribution in [0.3, 0.4) is 0 Å². The Bertz CT molecular complexity index is 553. The smallest absolute Gasteiger partial charge is 0.256 e. The van der Waals surface area contributed by atoms with E-state index >= 15 is 0 Å². The average molecular weight is 303 g/mol. The van der Waals surface area contributed by atoms with Crippen LogP contribution in [-0.2, 0) is 4.79 Å². The molecule has 0 radical (unpaired) electrons. The number of hydrogen-bond donors (Lipinski definition) is 2. The van der Waals surface area contributed by atoms with E-state index in [4.69, 9.17) is 5.84 Å². The minimum atomic E-state index is -0.223. The summed E-state index contributed by atoms with van der Waals surface area (Å²) < 4.78 is 0. The van der Waals surface area contributed by atoms with E-state index in [1.807, 2.05) is 0 Å². The molecule has 0 saturated carbocycles. The molecule has 2 rings (SSSR count). The van der Waals surface area contributed by atoms with Gasteiger partial charge in [-0.2, -0.15) is 0 Å². The summed E-state index contributed by atoms with van der Waals surface area (Å²) >= 11 is 0. The van der Waals surface area contributed by atoms with Crippen LogP contribution in [0.5, 0.6) is 0 Å². The monoisotopic (exact) mass is 303 g/mol. The number of benzene rings is 1. The Morgan fingerprint density at radius 1 is 1.50 bits per heavy atom. The predicted molar refractivity (Wildman–Crippen MR) is 91.8 cm³/mol. The third-order valence-corrected chi connectivity index (χ3v) is 4.75. The summed E-state index contributed by atoms with van der Waals surface area (Å²) in [5.41, 5.74) is 6.06. The molecule has 0 aliphatic carbocycles. The Labute approximate surface area is 134 Å². The molecule has 0 fully saturated rings. The Morgan fingerprint density at radius 3 is 2.77 bits per heavy atom. The molecule has 2 atom stereocenters. The molecule has 1 heterocycles. The van der Waals surface area contributed by atoms with Crippen LogP contribution in [0.25, 0.3) is 0 Å². The molecule has 4 heteroatoms. The SMILES string of the molecule is CCC[C@H](C(=O)NN)N1c2ccc(C)cc2[C@@H](C)CC1(C)C. The first-order valence-corrected chi connectivity index (χ1v) is 8.22. The maximum absolute atomic E-state index is 12.4. The topological polar surface area (TPSA) is 58.4 Å². The molecule has 1 aromatic carbocycles. The number of nitrogens with zero attached hydrogens (tertiary/aromatic N) is 1. The number of aryl methyl sites for hydroxylation is 1. The van der Waals surface area contributed by atoms with Gasteiger partial charge in [0.1, 0.15) is 6.04 Å². The zero-order valence-electron chi connectivity index (χ0n) is 14.4. The summed E-state index contributed by atoms with van der Waals surface area (Å²) in [4.78, 5) is 14.7. The summed E-state index contributed by atoms with van der Waals surface area (Å²) in [6, 6.07) is 6.32. The molecule has 0 saturated heterocycles. The van der Waals surface area contributed by atoms with Crippen molar-refractivity contribution < 1.29 is 4.79 Å². The number of nitrogens with one attached hydrogen (secondary N) is 1. The summed E-state index contributed by atoms with van der Waals surface area (Å²) in [6.45, 7) is 10.9. The highest BCUT2D eigenvalue weighted by atomic mass is 16.2. The molecule has 1 aliphatic rings. The van der Waals surface area contributed by atoms with E-state index in [1.54, 1.807) is 0 Å². The average Bonchev–Trinajstić information content (AvgIpc) is 2.45. The number of carbonyl (C=O) groups is 1. The lowest BCUT2D eigenvalue weighted by molar-refractivity contribution is -0.123. The largest absolute Gasteiger partial charge is 0.354 e. The lowest BCUT2D eigenvalue weighted by Gasteiger charge is -2.50. The standard InChI is InChI=1S/C18H29N3O/c1-6-7-16(17(22)20-19)21-15-9-8-12(2)10-14(15)13(3)11-18(21,4)5/h8-10,13,16H,6-7,11,19H2,1-5H3,(H,20,22)/t13-,16+/m0/s1. The first-order valence-electron chi connectivity index (χ1n) is 8.22. The van der Waals surface area contributed by atoms with Gasteiger partial charge in [0, 0.05) is 11.2 Å². The molecular formula is C18H29N3O. The second-order valence-electron chi connectivity index (χ2n) is 7.16. The van der Waals surface area contributed by atoms with Gasteiger partial charge in [-0.15, -0.1) is 0 Å². The van der Waals surface area contributed by atoms with E-state index in [0.29, 0.717) is 5.92 Å². The van der Waals surface area contributed by atoms with Crippen LogP contribution in [0.2, 0.25) is 0 Å². The van der Waals surface area contributed by atoms with Crippen molar-refractivity contribution in [3.8, 4) is 0 Å². The molecule has 22 heavy (non-hydrogen) atoms. The van der Waals surface area contributed by atoms with Crippen LogP contribution in [0.1, 0.15) is 64.0 Å². The van der Waals surface area contributed by atoms with E-state index in [9.17, 15) is 4.79 Å². The third-order valence-electron chi connectivity index (χ3n) is 4.75. The number of anilines is 1. The Hall–Kier alpha value is -1.55. The van der Waals surface area contributed by atoms with Crippen LogP contribution < -0.4 is 16.2 Å². The molecule has 122 valence electrons. The summed E-state index contributed by atoms with van der Waals surface area (Å²) in [5.74, 6) is 5.83. The molecular weight excluding hydrogens is 274 g/mol. The molecule has 0 unspecified atom stereocenters. The maximum Gasteiger partial charge on any atom is 0.256 e. The number of hydrazine groups is 1. The van der Waals surface area contributed by atoms with Gasteiger partial charge in [0.15, 0.2) is 0 Å². The third kappa shape index (κ3) is 2.98. The minimum absolute atomic E-state index is 0.0754. The second-order valence-corrected chi connectivity index (χ2v) is 7.16. The highest BCUT2D eigenvalue weighted by molar-refractivity contribution is 5.86. The van der Waals surface area contributed by atoms with Crippen molar-refractivity contribution in [1.82, 2.24) is 5.43 Å². The fourth-order valence-electron chi connectivity index (χ4n) is 3.91. The van der Waals surface area contributed by atoms with Crippen LogP contribution >= 0.6 is 0 Å². The number of rotatable bonds is 4. The van der Waals surface area contributed by atoms with Gasteiger partial charge in [-0.25, -0.2) is 5.84 Å². The van der Waals surface area contributed by atoms with Gasteiger partial charge in [-0.3, -0.25) is 10.2 Å². The highest BCUT2D eigenvalue weighted by Gasteiger charge is 2.41. The van der Waals surface area contributed by atoms with Crippen molar-refractivity contribution in [2.24, 2.45) is 5.84 Å². The molecule has 0 bridgehead atoms. The van der Waals surface area contributed by atoms with Gasteiger partial charge in [0.25, 0.3) is 5.91 Å². The number of nitrogens with two attached hydrogens (primary N) is 1. The van der Waals surface area contributed by atoms with Crippen molar-refractivity contribution in [3.63, 3.8) is 0 Å². The van der Waals surface area contributed by atoms with Crippen LogP contribution in [0.15, 0.2) is 18.2 Å². The molecule has 3 N–H and O–H groups in total. The Morgan fingerprint density at radius 2 is 2.18 bits per heavy atom. The number of fused-ring (bicyclic) bond motifs is 1. The van der Waals surface area contributed by atoms with E-state index in [-0.39, 0.29) is 17.5 Å². The fourth-order valence-corrected chi connectivity index (χ4v) is 3.91. The molecule has 1 amide bonds. The normalized spacial score (nSPS) is 21.2. The van der Waals surface area contributed by atoms with Crippen molar-refractivity contribution in [3.05, 3.63) is 29.3 Å². The van der Waals surface area contributed by atoms with Crippen molar-refractivity contribution >= 4 is 11.6 Å². The number of hydrogen-bond acceptors (Lipinski definition) is 3. The van der Waals surface area contributed by atoms with Crippen LogP contribution in [0, 0.1) is 6.92 Å². The first kappa shape index (κ1) is 16.8. The van der Waals surface area contributed by atoms with Crippen LogP contribution in [-0.4, -0.2) is 17.5 Å². The lowest BCUT2D eigenvalue weighted by atomic mass is 9.78. The van der Waals surface area contributed by atoms with E-state index in [1.165, 1.54) is 16.8 Å². The van der Waals surface area contributed by atoms with Gasteiger partial charge < -0.3 is 4.90 Å². The van der Waals surface area contributed by atoms with E-state index < -0.39 is 0 Å². The summed E-state index contributed by atoms with van der Waals surface area (Å²) in [5, 5.41) is 0. The second kappa shape index (κ2) is 6.29. The zero-order chi connectivity index (χ0) is 16.5. The van der Waals surface area contributed by atoms with Crippen molar-refractivity contribution in [1.29, 1.82) is 0 Å². The molecule has 1 aromatic rings. The van der Waals surface area contributed by atoms with Gasteiger partial charge in [-0.1, -0.05) is 38.0 Å². The summed E-state index contributed by atoms with van der Waals surface area (Å²) in [7, 11) is 0. The highest BCUT2D eigenvalue weighted by Crippen LogP contribution is 2.45. The Balaban J connectivity index is 2.56. The van der Waals surface area contributed by atoms with Crippen molar-refractivity contribution in [2.75, 3.05) is 4.90 Å². The molecule has 4 nitrogen and oxygen atoms in total. The Kier molecular flexibility index (Phi) is 4.81. The molecule has 0 spiro atoms. The van der Waals surface area contributed by atoms with Crippen LogP contribution in [0.4, 0.5) is 5.69 Å². The van der Waals surface area contributed by atoms with Gasteiger partial charge in [0.2, 0.25) is 0 Å². The van der Waals surface area contributed by atoms with Crippen molar-refractivity contribution in [2.45, 2.75) is 71.4 Å². The minimum Gasteiger partial charge on any atom is -0.354 e. The van der Waals surface area contributed by atoms with E-state index in [0.717, 1.165) is 19.3 Å². The maximum atomic E-state index is 12.4. The fraction of sp³-hybridized carbons (Fsp3) is 0.611. The zero-order valence-corrected chi connectivity index (χ0v) is 14.4. The predicted octanol–water partition coefficient (Wildman–Crippen LogP) is 3.25. The number of carbonyl (C=O) groups excluding carboxylic acids is 1. The van der Waals surface area contributed by atoms with Gasteiger partial charge in [-0.05, 0) is 51.2 Å². The quantitative estimate of drug-likeness (QED) is 0.510. The van der Waals surface area contributed by atoms with E-state index in [2.05, 4.69) is 63.1 Å². The first-order chi connectivity index (χ1) is 10.3. The number of amides is 1. The molecule has 1 aliphatic heterocycles. The molecule has 0 aromatic heterocycles.